The van der Waals surface area contributed by atoms with Crippen LogP contribution in [-0.4, -0.2) is 90.6 Å². The molecule has 0 bridgehead atoms. The summed E-state index contributed by atoms with van der Waals surface area (Å²) in [5.74, 6) is -1.17. The van der Waals surface area contributed by atoms with Crippen LogP contribution < -0.4 is 10.2 Å². The molecule has 10 heteroatoms. The molecule has 202 valence electrons. The molecule has 0 aromatic heterocycles. The number of rotatable bonds is 8. The van der Waals surface area contributed by atoms with E-state index in [4.69, 9.17) is 15.3 Å². The van der Waals surface area contributed by atoms with Gasteiger partial charge in [-0.2, -0.15) is 0 Å². The first kappa shape index (κ1) is 26.3. The molecule has 2 aliphatic heterocycles. The van der Waals surface area contributed by atoms with Crippen molar-refractivity contribution in [3.05, 3.63) is 77.9 Å². The zero-order valence-electron chi connectivity index (χ0n) is 21.5. The number of carboxylic acid groups (broad SMARTS) is 1. The van der Waals surface area contributed by atoms with Crippen molar-refractivity contribution in [3.8, 4) is 0 Å². The van der Waals surface area contributed by atoms with E-state index in [1.165, 1.54) is 0 Å². The number of carbonyl (C=O) groups is 3. The molecule has 5 rings (SSSR count). The number of nitrogens with one attached hydrogen (secondary N) is 2. The maximum absolute atomic E-state index is 12.7. The SMILES string of the molecule is N=C(NC(=O)c1ccc2ccccc2c1)c1ccc(N2CC(CN3CCN(CCC(=O)O)CC3)OC2=O)cc1. The largest absolute Gasteiger partial charge is 0.481 e. The van der Waals surface area contributed by atoms with Crippen molar-refractivity contribution >= 4 is 40.3 Å². The number of amidine groups is 1. The number of fused-ring (bicyclic) bond motifs is 1. The lowest BCUT2D eigenvalue weighted by Crippen LogP contribution is -2.49. The average Bonchev–Trinajstić information content (AvgIpc) is 3.31. The van der Waals surface area contributed by atoms with E-state index in [2.05, 4.69) is 15.1 Å². The van der Waals surface area contributed by atoms with E-state index in [9.17, 15) is 14.4 Å². The van der Waals surface area contributed by atoms with Crippen molar-refractivity contribution < 1.29 is 24.2 Å². The molecule has 3 aromatic rings. The van der Waals surface area contributed by atoms with Gasteiger partial charge in [0, 0.05) is 56.1 Å². The second-order valence-electron chi connectivity index (χ2n) is 9.84. The number of ether oxygens (including phenoxy) is 1. The summed E-state index contributed by atoms with van der Waals surface area (Å²) in [6, 6.07) is 20.1. The van der Waals surface area contributed by atoms with Crippen molar-refractivity contribution in [2.24, 2.45) is 0 Å². The molecule has 3 N–H and O–H groups in total. The minimum atomic E-state index is -0.786. The standard InChI is InChI=1S/C29H31N5O5/c30-27(31-28(37)23-6-5-20-3-1-2-4-22(20)17-23)21-7-9-24(10-8-21)34-19-25(39-29(34)38)18-33-15-13-32(14-16-33)12-11-26(35)36/h1-10,17,25H,11-16,18-19H2,(H,35,36)(H2,30,31,37). The normalized spacial score (nSPS) is 18.2. The van der Waals surface area contributed by atoms with Gasteiger partial charge >= 0.3 is 12.1 Å². The molecule has 2 fully saturated rings. The molecule has 0 saturated carbocycles. The molecular formula is C29H31N5O5. The highest BCUT2D eigenvalue weighted by atomic mass is 16.6. The van der Waals surface area contributed by atoms with Gasteiger partial charge in [-0.3, -0.25) is 24.8 Å². The molecule has 10 nitrogen and oxygen atoms in total. The van der Waals surface area contributed by atoms with Crippen LogP contribution in [0, 0.1) is 5.41 Å². The van der Waals surface area contributed by atoms with E-state index in [0.29, 0.717) is 36.4 Å². The molecule has 39 heavy (non-hydrogen) atoms. The fourth-order valence-corrected chi connectivity index (χ4v) is 4.96. The minimum absolute atomic E-state index is 0.0240. The maximum Gasteiger partial charge on any atom is 0.414 e. The Hall–Kier alpha value is -4.28. The van der Waals surface area contributed by atoms with Gasteiger partial charge in [0.1, 0.15) is 11.9 Å². The third-order valence-corrected chi connectivity index (χ3v) is 7.16. The van der Waals surface area contributed by atoms with Crippen LogP contribution in [0.5, 0.6) is 0 Å². The number of anilines is 1. The molecule has 0 spiro atoms. The Bertz CT molecular complexity index is 1380. The van der Waals surface area contributed by atoms with E-state index in [1.54, 1.807) is 41.3 Å². The summed E-state index contributed by atoms with van der Waals surface area (Å²) >= 11 is 0. The lowest BCUT2D eigenvalue weighted by molar-refractivity contribution is -0.137. The van der Waals surface area contributed by atoms with E-state index in [-0.39, 0.29) is 24.3 Å². The van der Waals surface area contributed by atoms with Gasteiger partial charge in [0.15, 0.2) is 0 Å². The molecule has 2 amide bonds. The van der Waals surface area contributed by atoms with Crippen molar-refractivity contribution in [2.45, 2.75) is 12.5 Å². The second kappa shape index (κ2) is 11.6. The number of amides is 2. The number of nitrogens with zero attached hydrogens (tertiary/aromatic N) is 3. The number of hydrogen-bond acceptors (Lipinski definition) is 7. The predicted molar refractivity (Wildman–Crippen MR) is 147 cm³/mol. The Kier molecular flexibility index (Phi) is 7.85. The average molecular weight is 530 g/mol. The molecule has 2 aliphatic rings. The van der Waals surface area contributed by atoms with Crippen LogP contribution in [0.1, 0.15) is 22.3 Å². The summed E-state index contributed by atoms with van der Waals surface area (Å²) < 4.78 is 5.60. The quantitative estimate of drug-likeness (QED) is 0.303. The number of carbonyl (C=O) groups excluding carboxylic acids is 2. The van der Waals surface area contributed by atoms with Crippen LogP contribution in [0.4, 0.5) is 10.5 Å². The van der Waals surface area contributed by atoms with E-state index in [1.807, 2.05) is 30.3 Å². The number of aliphatic carboxylic acids is 1. The smallest absolute Gasteiger partial charge is 0.414 e. The summed E-state index contributed by atoms with van der Waals surface area (Å²) in [4.78, 5) is 42.0. The Morgan fingerprint density at radius 3 is 2.31 bits per heavy atom. The number of cyclic esters (lactones) is 1. The van der Waals surface area contributed by atoms with E-state index in [0.717, 1.165) is 37.0 Å². The number of benzene rings is 3. The molecule has 1 atom stereocenters. The van der Waals surface area contributed by atoms with E-state index >= 15 is 0 Å². The van der Waals surface area contributed by atoms with Gasteiger partial charge in [0.25, 0.3) is 5.91 Å². The van der Waals surface area contributed by atoms with Crippen molar-refractivity contribution in [1.82, 2.24) is 15.1 Å². The number of hydrogen-bond donors (Lipinski definition) is 3. The fraction of sp³-hybridized carbons (Fsp3) is 0.310. The molecule has 1 unspecified atom stereocenters. The molecule has 2 saturated heterocycles. The van der Waals surface area contributed by atoms with Gasteiger partial charge < -0.3 is 20.1 Å². The number of carboxylic acids is 1. The Morgan fingerprint density at radius 1 is 0.923 bits per heavy atom. The first-order valence-electron chi connectivity index (χ1n) is 13.0. The van der Waals surface area contributed by atoms with Gasteiger partial charge in [-0.15, -0.1) is 0 Å². The first-order valence-corrected chi connectivity index (χ1v) is 13.0. The van der Waals surface area contributed by atoms with Crippen LogP contribution in [0.25, 0.3) is 10.8 Å². The molecule has 3 aromatic carbocycles. The second-order valence-corrected chi connectivity index (χ2v) is 9.84. The highest BCUT2D eigenvalue weighted by Gasteiger charge is 2.34. The highest BCUT2D eigenvalue weighted by Crippen LogP contribution is 2.23. The summed E-state index contributed by atoms with van der Waals surface area (Å²) in [6.07, 6.45) is -0.528. The number of piperazine rings is 1. The van der Waals surface area contributed by atoms with Crippen LogP contribution in [0.3, 0.4) is 0 Å². The molecule has 0 radical (unpaired) electrons. The lowest BCUT2D eigenvalue weighted by Gasteiger charge is -2.35. The lowest BCUT2D eigenvalue weighted by atomic mass is 10.1. The maximum atomic E-state index is 12.7. The van der Waals surface area contributed by atoms with Crippen molar-refractivity contribution in [3.63, 3.8) is 0 Å². The van der Waals surface area contributed by atoms with Crippen LogP contribution in [0.15, 0.2) is 66.7 Å². The zero-order valence-corrected chi connectivity index (χ0v) is 21.5. The van der Waals surface area contributed by atoms with Crippen molar-refractivity contribution in [2.75, 3.05) is 50.7 Å². The van der Waals surface area contributed by atoms with Crippen LogP contribution >= 0.6 is 0 Å². The Balaban J connectivity index is 1.13. The van der Waals surface area contributed by atoms with Gasteiger partial charge in [-0.1, -0.05) is 30.3 Å². The van der Waals surface area contributed by atoms with Crippen LogP contribution in [0.2, 0.25) is 0 Å². The third-order valence-electron chi connectivity index (χ3n) is 7.16. The third kappa shape index (κ3) is 6.42. The Morgan fingerprint density at radius 2 is 1.59 bits per heavy atom. The monoisotopic (exact) mass is 529 g/mol. The molecule has 2 heterocycles. The predicted octanol–water partition coefficient (Wildman–Crippen LogP) is 3.01. The molecule has 0 aliphatic carbocycles. The van der Waals surface area contributed by atoms with Crippen LogP contribution in [-0.2, 0) is 9.53 Å². The topological polar surface area (TPSA) is 126 Å². The van der Waals surface area contributed by atoms with Gasteiger partial charge in [-0.25, -0.2) is 4.79 Å². The van der Waals surface area contributed by atoms with Gasteiger partial charge in [0.05, 0.1) is 13.0 Å². The van der Waals surface area contributed by atoms with E-state index < -0.39 is 12.1 Å². The summed E-state index contributed by atoms with van der Waals surface area (Å²) in [7, 11) is 0. The summed E-state index contributed by atoms with van der Waals surface area (Å²) in [5, 5.41) is 21.9. The highest BCUT2D eigenvalue weighted by molar-refractivity contribution is 6.12. The first-order chi connectivity index (χ1) is 18.9. The van der Waals surface area contributed by atoms with Gasteiger partial charge in [-0.05, 0) is 47.2 Å². The van der Waals surface area contributed by atoms with Gasteiger partial charge in [0.2, 0.25) is 0 Å². The molecular weight excluding hydrogens is 498 g/mol. The Labute approximate surface area is 226 Å². The zero-order chi connectivity index (χ0) is 27.4. The minimum Gasteiger partial charge on any atom is -0.481 e. The summed E-state index contributed by atoms with van der Waals surface area (Å²) in [5.41, 5.74) is 1.67. The van der Waals surface area contributed by atoms with Crippen molar-refractivity contribution in [1.29, 1.82) is 5.41 Å². The summed E-state index contributed by atoms with van der Waals surface area (Å²) in [6.45, 7) is 4.79. The fourth-order valence-electron chi connectivity index (χ4n) is 4.96.